The number of benzene rings is 2. The van der Waals surface area contributed by atoms with E-state index in [0.717, 1.165) is 47.8 Å². The summed E-state index contributed by atoms with van der Waals surface area (Å²) in [4.78, 5) is 16.4. The number of hydrogen-bond donors (Lipinski definition) is 1. The van der Waals surface area contributed by atoms with E-state index in [9.17, 15) is 9.90 Å². The van der Waals surface area contributed by atoms with Gasteiger partial charge in [-0.15, -0.1) is 0 Å². The zero-order chi connectivity index (χ0) is 34.1. The molecule has 0 aromatic heterocycles. The van der Waals surface area contributed by atoms with Crippen LogP contribution in [0.4, 0.5) is 10.5 Å². The van der Waals surface area contributed by atoms with Gasteiger partial charge in [0.2, 0.25) is 8.32 Å². The van der Waals surface area contributed by atoms with Crippen LogP contribution in [0.3, 0.4) is 0 Å². The predicted molar refractivity (Wildman–Crippen MR) is 190 cm³/mol. The van der Waals surface area contributed by atoms with E-state index in [4.69, 9.17) is 23.4 Å². The zero-order valence-corrected chi connectivity index (χ0v) is 30.4. The predicted octanol–water partition coefficient (Wildman–Crippen LogP) is 7.71. The lowest BCUT2D eigenvalue weighted by Gasteiger charge is -2.50. The maximum absolute atomic E-state index is 12.6. The summed E-state index contributed by atoms with van der Waals surface area (Å²) in [6, 6.07) is 14.3. The second-order valence-electron chi connectivity index (χ2n) is 13.7. The molecule has 1 amide bonds. The molecule has 1 saturated heterocycles. The summed E-state index contributed by atoms with van der Waals surface area (Å²) < 4.78 is 31.2. The third-order valence-corrected chi connectivity index (χ3v) is 15.9. The second kappa shape index (κ2) is 16.9. The number of amides is 1. The minimum absolute atomic E-state index is 0.173. The lowest BCUT2D eigenvalue weighted by molar-refractivity contribution is -0.0630. The maximum Gasteiger partial charge on any atom is 0.407 e. The lowest BCUT2D eigenvalue weighted by atomic mass is 9.84. The van der Waals surface area contributed by atoms with Crippen molar-refractivity contribution in [3.63, 3.8) is 0 Å². The molecule has 0 aliphatic carbocycles. The number of nitrogens with zero attached hydrogens (tertiary/aromatic N) is 2. The fourth-order valence-corrected chi connectivity index (χ4v) is 13.2. The Hall–Kier alpha value is -3.05. The van der Waals surface area contributed by atoms with Crippen molar-refractivity contribution in [1.29, 1.82) is 0 Å². The van der Waals surface area contributed by atoms with E-state index in [1.165, 1.54) is 4.90 Å². The fraction of sp³-hybridized carbons (Fsp3) is 0.595. The van der Waals surface area contributed by atoms with Crippen molar-refractivity contribution < 1.29 is 33.3 Å². The Bertz CT molecular complexity index is 1280. The average molecular weight is 669 g/mol. The third kappa shape index (κ3) is 8.71. The number of carbonyl (C=O) groups is 1. The number of rotatable bonds is 16. The van der Waals surface area contributed by atoms with E-state index in [2.05, 4.69) is 71.2 Å². The number of carboxylic acid groups (broad SMARTS) is 1. The van der Waals surface area contributed by atoms with Crippen molar-refractivity contribution in [3.05, 3.63) is 66.2 Å². The first-order valence-corrected chi connectivity index (χ1v) is 19.3. The Balaban J connectivity index is 1.68. The molecule has 2 aliphatic rings. The van der Waals surface area contributed by atoms with Crippen molar-refractivity contribution in [1.82, 2.24) is 4.90 Å². The largest absolute Gasteiger partial charge is 0.490 e. The minimum Gasteiger partial charge on any atom is -0.490 e. The first kappa shape index (κ1) is 36.8. The summed E-state index contributed by atoms with van der Waals surface area (Å²) in [6.45, 7) is 21.7. The van der Waals surface area contributed by atoms with Gasteiger partial charge >= 0.3 is 6.09 Å². The molecule has 47 heavy (non-hydrogen) atoms. The Morgan fingerprint density at radius 1 is 1.04 bits per heavy atom. The molecule has 9 nitrogen and oxygen atoms in total. The highest BCUT2D eigenvalue weighted by atomic mass is 28.4. The SMILES string of the molecule is C=CCOc1ccc([C@@H]2[C@@H](OCc3ccc4c(c3)N(CCCOC)CCO4)CN(C(=O)O)C[C@H]2O[Si](C(C)C)(C(C)C)C(C)C)cc1. The summed E-state index contributed by atoms with van der Waals surface area (Å²) in [6.07, 6.45) is 0.911. The van der Waals surface area contributed by atoms with E-state index in [-0.39, 0.29) is 18.6 Å². The lowest BCUT2D eigenvalue weighted by Crippen LogP contribution is -2.59. The second-order valence-corrected chi connectivity index (χ2v) is 19.1. The van der Waals surface area contributed by atoms with Crippen LogP contribution in [0.2, 0.25) is 16.6 Å². The molecule has 0 unspecified atom stereocenters. The summed E-state index contributed by atoms with van der Waals surface area (Å²) in [5.74, 6) is 1.46. The van der Waals surface area contributed by atoms with Gasteiger partial charge in [-0.05, 0) is 58.4 Å². The van der Waals surface area contributed by atoms with Gasteiger partial charge in [0.05, 0.1) is 37.6 Å². The molecule has 2 aromatic rings. The van der Waals surface area contributed by atoms with Crippen LogP contribution in [0.25, 0.3) is 0 Å². The Labute approximate surface area is 282 Å². The molecule has 0 saturated carbocycles. The van der Waals surface area contributed by atoms with Crippen molar-refractivity contribution in [2.24, 2.45) is 0 Å². The third-order valence-electron chi connectivity index (χ3n) is 9.79. The van der Waals surface area contributed by atoms with E-state index in [1.54, 1.807) is 13.2 Å². The highest BCUT2D eigenvalue weighted by Gasteiger charge is 2.50. The molecule has 3 atom stereocenters. The minimum atomic E-state index is -2.38. The van der Waals surface area contributed by atoms with Gasteiger partial charge in [-0.25, -0.2) is 4.79 Å². The molecule has 2 aliphatic heterocycles. The summed E-state index contributed by atoms with van der Waals surface area (Å²) >= 11 is 0. The molecule has 1 N–H and O–H groups in total. The Morgan fingerprint density at radius 2 is 1.72 bits per heavy atom. The molecule has 2 aromatic carbocycles. The van der Waals surface area contributed by atoms with Crippen LogP contribution in [0.15, 0.2) is 55.1 Å². The average Bonchev–Trinajstić information content (AvgIpc) is 3.05. The molecule has 2 heterocycles. The molecule has 1 fully saturated rings. The number of likely N-dealkylation sites (tertiary alicyclic amines) is 1. The highest BCUT2D eigenvalue weighted by molar-refractivity contribution is 6.77. The summed E-state index contributed by atoms with van der Waals surface area (Å²) in [7, 11) is -0.650. The van der Waals surface area contributed by atoms with Gasteiger partial charge in [0.1, 0.15) is 24.7 Å². The Morgan fingerprint density at radius 3 is 2.34 bits per heavy atom. The monoisotopic (exact) mass is 668 g/mol. The number of piperidine rings is 1. The van der Waals surface area contributed by atoms with Gasteiger partial charge in [-0.3, -0.25) is 0 Å². The van der Waals surface area contributed by atoms with E-state index in [0.29, 0.717) is 49.6 Å². The van der Waals surface area contributed by atoms with Crippen molar-refractivity contribution >= 4 is 20.1 Å². The van der Waals surface area contributed by atoms with Crippen molar-refractivity contribution in [2.45, 2.75) is 89.3 Å². The van der Waals surface area contributed by atoms with Crippen molar-refractivity contribution in [3.8, 4) is 11.5 Å². The number of ether oxygens (including phenoxy) is 4. The number of methoxy groups -OCH3 is 1. The molecular weight excluding hydrogens is 613 g/mol. The molecular formula is C37H56N2O7Si. The molecule has 10 heteroatoms. The van der Waals surface area contributed by atoms with Gasteiger partial charge in [0, 0.05) is 32.7 Å². The number of anilines is 1. The molecule has 0 bridgehead atoms. The first-order chi connectivity index (χ1) is 22.5. The van der Waals surface area contributed by atoms with Crippen LogP contribution in [-0.2, 0) is 20.5 Å². The van der Waals surface area contributed by atoms with Crippen LogP contribution in [-0.4, -0.2) is 89.7 Å². The van der Waals surface area contributed by atoms with Gasteiger partial charge in [-0.1, -0.05) is 72.4 Å². The number of fused-ring (bicyclic) bond motifs is 1. The van der Waals surface area contributed by atoms with Crippen LogP contribution < -0.4 is 14.4 Å². The molecule has 260 valence electrons. The highest BCUT2D eigenvalue weighted by Crippen LogP contribution is 2.46. The number of hydrogen-bond acceptors (Lipinski definition) is 7. The zero-order valence-electron chi connectivity index (χ0n) is 29.4. The smallest absolute Gasteiger partial charge is 0.407 e. The normalized spacial score (nSPS) is 20.0. The fourth-order valence-electron chi connectivity index (χ4n) is 7.68. The quantitative estimate of drug-likeness (QED) is 0.111. The van der Waals surface area contributed by atoms with Crippen molar-refractivity contribution in [2.75, 3.05) is 58.0 Å². The van der Waals surface area contributed by atoms with Crippen LogP contribution >= 0.6 is 0 Å². The Kier molecular flexibility index (Phi) is 13.2. The topological polar surface area (TPSA) is 89.9 Å². The molecule has 0 spiro atoms. The van der Waals surface area contributed by atoms with E-state index in [1.807, 2.05) is 24.3 Å². The van der Waals surface area contributed by atoms with Crippen LogP contribution in [0.1, 0.15) is 65.0 Å². The summed E-state index contributed by atoms with van der Waals surface area (Å²) in [5.41, 5.74) is 4.17. The molecule has 0 radical (unpaired) electrons. The standard InChI is InChI=1S/C37H56N2O7Si/c1-9-19-43-31-14-12-30(13-15-31)36-34(23-39(37(40)41)24-35(36)46-47(26(2)3,27(4)5)28(6)7)45-25-29-11-16-33-32(22-29)38(18-21-44-33)17-10-20-42-8/h9,11-16,22,26-28,34-36H,1,10,17-21,23-25H2,2-8H3,(H,40,41)/t34-,35+,36+/m0/s1. The maximum atomic E-state index is 12.6. The van der Waals surface area contributed by atoms with Gasteiger partial charge in [-0.2, -0.15) is 0 Å². The molecule has 4 rings (SSSR count). The van der Waals surface area contributed by atoms with Crippen LogP contribution in [0, 0.1) is 0 Å². The van der Waals surface area contributed by atoms with Gasteiger partial charge < -0.3 is 38.3 Å². The van der Waals surface area contributed by atoms with Gasteiger partial charge in [0.25, 0.3) is 0 Å². The van der Waals surface area contributed by atoms with Gasteiger partial charge in [0.15, 0.2) is 0 Å². The summed E-state index contributed by atoms with van der Waals surface area (Å²) in [5, 5.41) is 10.3. The van der Waals surface area contributed by atoms with E-state index >= 15 is 0 Å². The first-order valence-electron chi connectivity index (χ1n) is 17.1. The van der Waals surface area contributed by atoms with Crippen LogP contribution in [0.5, 0.6) is 11.5 Å². The van der Waals surface area contributed by atoms with E-state index < -0.39 is 20.5 Å².